The number of methoxy groups -OCH3 is 1. The largest absolute Gasteiger partial charge is 0.493 e. The van der Waals surface area contributed by atoms with Crippen molar-refractivity contribution in [2.24, 2.45) is 23.7 Å². The third-order valence-electron chi connectivity index (χ3n) is 6.24. The van der Waals surface area contributed by atoms with Gasteiger partial charge in [0.1, 0.15) is 11.9 Å². The maximum atomic E-state index is 13.0. The lowest BCUT2D eigenvalue weighted by molar-refractivity contribution is -0.145. The summed E-state index contributed by atoms with van der Waals surface area (Å²) in [6, 6.07) is 14.6. The fourth-order valence-corrected chi connectivity index (χ4v) is 6.04. The van der Waals surface area contributed by atoms with Crippen LogP contribution in [0.3, 0.4) is 0 Å². The van der Waals surface area contributed by atoms with E-state index < -0.39 is 0 Å². The SMILES string of the molecule is COc1ccccc1Oc1ccc(NC(=O)[C@@H]2[C@H]3C[C@H]4[C@H](OC(=O)[C@@H]42)[C@H]3Br)cc1. The van der Waals surface area contributed by atoms with Gasteiger partial charge in [0.25, 0.3) is 0 Å². The Hall–Kier alpha value is -2.54. The molecule has 2 aromatic rings. The molecule has 2 bridgehead atoms. The molecule has 1 amide bonds. The number of benzene rings is 2. The molecule has 5 rings (SSSR count). The fraction of sp³-hybridized carbons (Fsp3) is 0.364. The second-order valence-electron chi connectivity index (χ2n) is 7.73. The van der Waals surface area contributed by atoms with Crippen LogP contribution in [0.4, 0.5) is 5.69 Å². The van der Waals surface area contributed by atoms with E-state index in [4.69, 9.17) is 14.2 Å². The Morgan fingerprint density at radius 2 is 1.83 bits per heavy atom. The molecule has 3 fully saturated rings. The molecule has 1 saturated heterocycles. The Bertz CT molecular complexity index is 962. The number of carbonyl (C=O) groups is 2. The summed E-state index contributed by atoms with van der Waals surface area (Å²) in [5, 5.41) is 2.96. The summed E-state index contributed by atoms with van der Waals surface area (Å²) in [5.74, 6) is 1.17. The van der Waals surface area contributed by atoms with Crippen molar-refractivity contribution in [1.82, 2.24) is 0 Å². The molecule has 6 atom stereocenters. The van der Waals surface area contributed by atoms with Gasteiger partial charge < -0.3 is 19.5 Å². The van der Waals surface area contributed by atoms with Crippen LogP contribution < -0.4 is 14.8 Å². The van der Waals surface area contributed by atoms with Crippen LogP contribution in [-0.2, 0) is 14.3 Å². The summed E-state index contributed by atoms with van der Waals surface area (Å²) in [6.07, 6.45) is 0.786. The zero-order chi connectivity index (χ0) is 20.1. The van der Waals surface area contributed by atoms with E-state index in [0.29, 0.717) is 22.9 Å². The number of amides is 1. The second kappa shape index (κ2) is 7.06. The van der Waals surface area contributed by atoms with Crippen molar-refractivity contribution in [3.8, 4) is 17.2 Å². The van der Waals surface area contributed by atoms with Crippen LogP contribution in [0.5, 0.6) is 17.2 Å². The van der Waals surface area contributed by atoms with Crippen molar-refractivity contribution in [3.05, 3.63) is 48.5 Å². The molecule has 7 heteroatoms. The van der Waals surface area contributed by atoms with Gasteiger partial charge >= 0.3 is 5.97 Å². The molecular formula is C22H20BrNO5. The number of nitrogens with one attached hydrogen (secondary N) is 1. The van der Waals surface area contributed by atoms with Gasteiger partial charge in [-0.25, -0.2) is 0 Å². The van der Waals surface area contributed by atoms with E-state index in [-0.39, 0.29) is 46.5 Å². The zero-order valence-electron chi connectivity index (χ0n) is 15.7. The van der Waals surface area contributed by atoms with Gasteiger partial charge in [-0.1, -0.05) is 28.1 Å². The summed E-state index contributed by atoms with van der Waals surface area (Å²) >= 11 is 3.64. The minimum Gasteiger partial charge on any atom is -0.493 e. The van der Waals surface area contributed by atoms with E-state index >= 15 is 0 Å². The maximum absolute atomic E-state index is 13.0. The maximum Gasteiger partial charge on any atom is 0.310 e. The quantitative estimate of drug-likeness (QED) is 0.542. The molecule has 150 valence electrons. The second-order valence-corrected chi connectivity index (χ2v) is 8.78. The molecule has 1 N–H and O–H groups in total. The average molecular weight is 458 g/mol. The van der Waals surface area contributed by atoms with E-state index in [1.54, 1.807) is 31.4 Å². The summed E-state index contributed by atoms with van der Waals surface area (Å²) in [4.78, 5) is 25.2. The first-order chi connectivity index (χ1) is 14.1. The zero-order valence-corrected chi connectivity index (χ0v) is 17.3. The molecule has 0 spiro atoms. The lowest BCUT2D eigenvalue weighted by atomic mass is 9.79. The number of rotatable bonds is 5. The Kier molecular flexibility index (Phi) is 4.50. The number of fused-ring (bicyclic) bond motifs is 1. The molecule has 0 aromatic heterocycles. The van der Waals surface area contributed by atoms with Gasteiger partial charge in [-0.2, -0.15) is 0 Å². The summed E-state index contributed by atoms with van der Waals surface area (Å²) in [7, 11) is 1.59. The Labute approximate surface area is 176 Å². The molecule has 2 aromatic carbocycles. The Balaban J connectivity index is 1.28. The summed E-state index contributed by atoms with van der Waals surface area (Å²) in [5.41, 5.74) is 0.666. The average Bonchev–Trinajstić information content (AvgIpc) is 3.34. The van der Waals surface area contributed by atoms with Crippen molar-refractivity contribution in [1.29, 1.82) is 0 Å². The number of ether oxygens (including phenoxy) is 3. The van der Waals surface area contributed by atoms with E-state index in [9.17, 15) is 9.59 Å². The van der Waals surface area contributed by atoms with Crippen molar-refractivity contribution in [2.45, 2.75) is 17.4 Å². The predicted molar refractivity (Wildman–Crippen MR) is 109 cm³/mol. The van der Waals surface area contributed by atoms with Crippen LogP contribution in [-0.4, -0.2) is 29.9 Å². The molecule has 0 radical (unpaired) electrons. The molecule has 2 saturated carbocycles. The Morgan fingerprint density at radius 1 is 1.10 bits per heavy atom. The van der Waals surface area contributed by atoms with Crippen molar-refractivity contribution in [2.75, 3.05) is 12.4 Å². The van der Waals surface area contributed by atoms with Gasteiger partial charge in [0.15, 0.2) is 11.5 Å². The monoisotopic (exact) mass is 457 g/mol. The van der Waals surface area contributed by atoms with Gasteiger partial charge in [-0.15, -0.1) is 0 Å². The van der Waals surface area contributed by atoms with Crippen LogP contribution in [0.15, 0.2) is 48.5 Å². The van der Waals surface area contributed by atoms with Gasteiger partial charge in [-0.05, 0) is 48.7 Å². The first kappa shape index (κ1) is 18.5. The first-order valence-corrected chi connectivity index (χ1v) is 10.5. The number of alkyl halides is 1. The van der Waals surface area contributed by atoms with Crippen molar-refractivity contribution < 1.29 is 23.8 Å². The lowest BCUT2D eigenvalue weighted by Gasteiger charge is -2.27. The normalized spacial score (nSPS) is 31.4. The van der Waals surface area contributed by atoms with Crippen LogP contribution in [0.1, 0.15) is 6.42 Å². The molecular weight excluding hydrogens is 438 g/mol. The molecule has 29 heavy (non-hydrogen) atoms. The highest BCUT2D eigenvalue weighted by molar-refractivity contribution is 9.09. The molecule has 2 aliphatic carbocycles. The topological polar surface area (TPSA) is 73.9 Å². The van der Waals surface area contributed by atoms with Crippen molar-refractivity contribution >= 4 is 33.5 Å². The van der Waals surface area contributed by atoms with Crippen LogP contribution in [0, 0.1) is 23.7 Å². The van der Waals surface area contributed by atoms with E-state index in [2.05, 4.69) is 21.2 Å². The van der Waals surface area contributed by atoms with Crippen molar-refractivity contribution in [3.63, 3.8) is 0 Å². The summed E-state index contributed by atoms with van der Waals surface area (Å²) < 4.78 is 16.6. The molecule has 3 aliphatic rings. The van der Waals surface area contributed by atoms with E-state index in [1.807, 2.05) is 24.3 Å². The number of halogens is 1. The van der Waals surface area contributed by atoms with Gasteiger partial charge in [0, 0.05) is 11.6 Å². The number of carbonyl (C=O) groups excluding carboxylic acids is 2. The first-order valence-electron chi connectivity index (χ1n) is 9.63. The number of esters is 1. The van der Waals surface area contributed by atoms with Gasteiger partial charge in [0.2, 0.25) is 5.91 Å². The van der Waals surface area contributed by atoms with Crippen LogP contribution >= 0.6 is 15.9 Å². The highest BCUT2D eigenvalue weighted by Crippen LogP contribution is 2.60. The Morgan fingerprint density at radius 3 is 2.55 bits per heavy atom. The number of hydrogen-bond acceptors (Lipinski definition) is 5. The number of anilines is 1. The van der Waals surface area contributed by atoms with Gasteiger partial charge in [-0.3, -0.25) is 9.59 Å². The summed E-state index contributed by atoms with van der Waals surface area (Å²) in [6.45, 7) is 0. The minimum atomic E-state index is -0.347. The van der Waals surface area contributed by atoms with E-state index in [1.165, 1.54) is 0 Å². The smallest absolute Gasteiger partial charge is 0.310 e. The number of para-hydroxylation sites is 2. The lowest BCUT2D eigenvalue weighted by Crippen LogP contribution is -2.40. The predicted octanol–water partition coefficient (Wildman–Crippen LogP) is 4.00. The fourth-order valence-electron chi connectivity index (χ4n) is 4.99. The van der Waals surface area contributed by atoms with Gasteiger partial charge in [0.05, 0.1) is 23.8 Å². The van der Waals surface area contributed by atoms with Crippen LogP contribution in [0.2, 0.25) is 0 Å². The third kappa shape index (κ3) is 2.99. The number of hydrogen-bond donors (Lipinski definition) is 1. The molecule has 6 nitrogen and oxygen atoms in total. The molecule has 1 aliphatic heterocycles. The van der Waals surface area contributed by atoms with Crippen LogP contribution in [0.25, 0.3) is 0 Å². The van der Waals surface area contributed by atoms with E-state index in [0.717, 1.165) is 6.42 Å². The third-order valence-corrected chi connectivity index (χ3v) is 7.44. The molecule has 0 unspecified atom stereocenters. The standard InChI is InChI=1S/C22H20BrNO5/c1-27-15-4-2-3-5-16(15)28-12-8-6-11(7-9-12)24-21(25)17-13-10-14-18(17)22(26)29-20(14)19(13)23/h2-9,13-14,17-20H,10H2,1H3,(H,24,25)/t13-,14-,17-,18+,19+,20+/m1/s1. The molecule has 1 heterocycles. The minimum absolute atomic E-state index is 0.0579. The highest BCUT2D eigenvalue weighted by Gasteiger charge is 2.67. The highest BCUT2D eigenvalue weighted by atomic mass is 79.9.